The van der Waals surface area contributed by atoms with Gasteiger partial charge in [0.15, 0.2) is 0 Å². The molecule has 5 nitrogen and oxygen atoms in total. The average molecular weight is 391 g/mol. The van der Waals surface area contributed by atoms with Crippen molar-refractivity contribution in [3.63, 3.8) is 0 Å². The van der Waals surface area contributed by atoms with Crippen LogP contribution in [0.15, 0.2) is 55.0 Å². The summed E-state index contributed by atoms with van der Waals surface area (Å²) in [6, 6.07) is 11.0. The quantitative estimate of drug-likeness (QED) is 0.642. The van der Waals surface area contributed by atoms with Crippen LogP contribution in [0, 0.1) is 5.82 Å². The van der Waals surface area contributed by atoms with E-state index in [9.17, 15) is 4.39 Å². The third-order valence-electron chi connectivity index (χ3n) is 5.43. The molecule has 3 heterocycles. The lowest BCUT2D eigenvalue weighted by atomic mass is 9.93. The Labute approximate surface area is 171 Å². The standard InChI is InChI=1S/C23H26FN5/c1-28(2)23-26-15-20(18-10-12-25-13-11-18)22(27-23)21-5-3-4-14-29(21)16-17-6-8-19(24)9-7-17/h6-13,15,21H,3-5,14,16H2,1-2H3/t21-/m1/s1. The highest BCUT2D eigenvalue weighted by molar-refractivity contribution is 5.66. The van der Waals surface area contributed by atoms with Crippen molar-refractivity contribution in [2.75, 3.05) is 25.5 Å². The smallest absolute Gasteiger partial charge is 0.225 e. The maximum absolute atomic E-state index is 13.3. The van der Waals surface area contributed by atoms with Crippen LogP contribution in [0.5, 0.6) is 0 Å². The van der Waals surface area contributed by atoms with Crippen LogP contribution in [0.2, 0.25) is 0 Å². The Hall–Kier alpha value is -2.86. The second-order valence-corrected chi connectivity index (χ2v) is 7.71. The molecule has 0 aliphatic carbocycles. The summed E-state index contributed by atoms with van der Waals surface area (Å²) in [5, 5.41) is 0. The number of hydrogen-bond donors (Lipinski definition) is 0. The van der Waals surface area contributed by atoms with E-state index in [4.69, 9.17) is 4.98 Å². The molecule has 6 heteroatoms. The summed E-state index contributed by atoms with van der Waals surface area (Å²) in [6.45, 7) is 1.78. The van der Waals surface area contributed by atoms with Crippen molar-refractivity contribution in [3.8, 4) is 11.1 Å². The zero-order valence-electron chi connectivity index (χ0n) is 16.9. The Morgan fingerprint density at radius 3 is 2.55 bits per heavy atom. The summed E-state index contributed by atoms with van der Waals surface area (Å²) in [5.74, 6) is 0.514. The molecule has 2 aromatic heterocycles. The van der Waals surface area contributed by atoms with E-state index in [1.165, 1.54) is 18.6 Å². The molecule has 4 rings (SSSR count). The van der Waals surface area contributed by atoms with Crippen LogP contribution in [-0.2, 0) is 6.54 Å². The summed E-state index contributed by atoms with van der Waals surface area (Å²) >= 11 is 0. The number of aromatic nitrogens is 3. The van der Waals surface area contributed by atoms with Crippen LogP contribution in [0.25, 0.3) is 11.1 Å². The SMILES string of the molecule is CN(C)c1ncc(-c2ccncc2)c([C@H]2CCCCN2Cc2ccc(F)cc2)n1. The van der Waals surface area contributed by atoms with E-state index in [0.29, 0.717) is 5.95 Å². The fraction of sp³-hybridized carbons (Fsp3) is 0.348. The van der Waals surface area contributed by atoms with Gasteiger partial charge >= 0.3 is 0 Å². The van der Waals surface area contributed by atoms with Crippen molar-refractivity contribution >= 4 is 5.95 Å². The molecule has 0 radical (unpaired) electrons. The minimum Gasteiger partial charge on any atom is -0.347 e. The summed E-state index contributed by atoms with van der Waals surface area (Å²) in [6.07, 6.45) is 8.91. The molecule has 0 N–H and O–H groups in total. The van der Waals surface area contributed by atoms with Crippen LogP contribution in [0.1, 0.15) is 36.6 Å². The van der Waals surface area contributed by atoms with Gasteiger partial charge in [-0.1, -0.05) is 18.6 Å². The molecular weight excluding hydrogens is 365 g/mol. The minimum absolute atomic E-state index is 0.193. The largest absolute Gasteiger partial charge is 0.347 e. The molecule has 1 aromatic carbocycles. The number of anilines is 1. The van der Waals surface area contributed by atoms with Gasteiger partial charge in [0.2, 0.25) is 5.95 Å². The highest BCUT2D eigenvalue weighted by Crippen LogP contribution is 2.37. The lowest BCUT2D eigenvalue weighted by molar-refractivity contribution is 0.137. The Morgan fingerprint density at radius 2 is 1.83 bits per heavy atom. The third kappa shape index (κ3) is 4.43. The van der Waals surface area contributed by atoms with Gasteiger partial charge in [0.25, 0.3) is 0 Å². The summed E-state index contributed by atoms with van der Waals surface area (Å²) in [5.41, 5.74) is 4.30. The number of halogens is 1. The van der Waals surface area contributed by atoms with Gasteiger partial charge in [-0.05, 0) is 54.8 Å². The maximum atomic E-state index is 13.3. The molecule has 0 unspecified atom stereocenters. The summed E-state index contributed by atoms with van der Waals surface area (Å²) < 4.78 is 13.3. The maximum Gasteiger partial charge on any atom is 0.225 e. The van der Waals surface area contributed by atoms with E-state index < -0.39 is 0 Å². The summed E-state index contributed by atoms with van der Waals surface area (Å²) in [4.78, 5) is 18.1. The van der Waals surface area contributed by atoms with Crippen LogP contribution >= 0.6 is 0 Å². The molecule has 1 fully saturated rings. The first-order valence-electron chi connectivity index (χ1n) is 10.0. The highest BCUT2D eigenvalue weighted by Gasteiger charge is 2.28. The summed E-state index contributed by atoms with van der Waals surface area (Å²) in [7, 11) is 3.92. The van der Waals surface area contributed by atoms with Crippen molar-refractivity contribution in [1.82, 2.24) is 19.9 Å². The molecule has 1 aliphatic rings. The van der Waals surface area contributed by atoms with Gasteiger partial charge in [-0.25, -0.2) is 14.4 Å². The van der Waals surface area contributed by atoms with Crippen molar-refractivity contribution in [2.24, 2.45) is 0 Å². The molecule has 1 saturated heterocycles. The van der Waals surface area contributed by atoms with Crippen molar-refractivity contribution in [3.05, 3.63) is 72.1 Å². The Balaban J connectivity index is 1.73. The Bertz CT molecular complexity index is 943. The highest BCUT2D eigenvalue weighted by atomic mass is 19.1. The lowest BCUT2D eigenvalue weighted by Crippen LogP contribution is -2.34. The van der Waals surface area contributed by atoms with Crippen molar-refractivity contribution in [1.29, 1.82) is 0 Å². The number of pyridine rings is 1. The minimum atomic E-state index is -0.199. The van der Waals surface area contributed by atoms with E-state index >= 15 is 0 Å². The molecular formula is C23H26FN5. The first kappa shape index (κ1) is 19.5. The Kier molecular flexibility index (Phi) is 5.81. The van der Waals surface area contributed by atoms with Crippen LogP contribution in [0.3, 0.4) is 0 Å². The van der Waals surface area contributed by atoms with Gasteiger partial charge in [0.1, 0.15) is 5.82 Å². The lowest BCUT2D eigenvalue weighted by Gasteiger charge is -2.36. The van der Waals surface area contributed by atoms with E-state index in [1.807, 2.05) is 49.5 Å². The molecule has 1 atom stereocenters. The molecule has 0 bridgehead atoms. The number of hydrogen-bond acceptors (Lipinski definition) is 5. The van der Waals surface area contributed by atoms with Crippen molar-refractivity contribution in [2.45, 2.75) is 31.8 Å². The zero-order valence-corrected chi connectivity index (χ0v) is 16.9. The average Bonchev–Trinajstić information content (AvgIpc) is 2.76. The van der Waals surface area contributed by atoms with Crippen LogP contribution < -0.4 is 4.90 Å². The molecule has 1 aliphatic heterocycles. The van der Waals surface area contributed by atoms with Gasteiger partial charge in [-0.15, -0.1) is 0 Å². The first-order valence-corrected chi connectivity index (χ1v) is 10.0. The second kappa shape index (κ2) is 8.66. The third-order valence-corrected chi connectivity index (χ3v) is 5.43. The fourth-order valence-corrected chi connectivity index (χ4v) is 3.92. The predicted molar refractivity (Wildman–Crippen MR) is 113 cm³/mol. The number of rotatable bonds is 5. The Morgan fingerprint density at radius 1 is 1.07 bits per heavy atom. The molecule has 0 saturated carbocycles. The van der Waals surface area contributed by atoms with Crippen LogP contribution in [-0.4, -0.2) is 40.5 Å². The molecule has 3 aromatic rings. The van der Waals surface area contributed by atoms with E-state index in [1.54, 1.807) is 12.4 Å². The van der Waals surface area contributed by atoms with E-state index in [0.717, 1.165) is 48.3 Å². The molecule has 0 spiro atoms. The number of benzene rings is 1. The van der Waals surface area contributed by atoms with Gasteiger partial charge in [-0.2, -0.15) is 0 Å². The van der Waals surface area contributed by atoms with E-state index in [2.05, 4.69) is 14.9 Å². The normalized spacial score (nSPS) is 17.3. The number of nitrogens with zero attached hydrogens (tertiary/aromatic N) is 5. The second-order valence-electron chi connectivity index (χ2n) is 7.71. The van der Waals surface area contributed by atoms with E-state index in [-0.39, 0.29) is 11.9 Å². The monoisotopic (exact) mass is 391 g/mol. The van der Waals surface area contributed by atoms with Gasteiger partial charge in [-0.3, -0.25) is 9.88 Å². The van der Waals surface area contributed by atoms with Crippen molar-refractivity contribution < 1.29 is 4.39 Å². The number of piperidine rings is 1. The van der Waals surface area contributed by atoms with Crippen LogP contribution in [0.4, 0.5) is 10.3 Å². The molecule has 150 valence electrons. The van der Waals surface area contributed by atoms with Gasteiger partial charge in [0, 0.05) is 44.8 Å². The zero-order chi connectivity index (χ0) is 20.2. The fourth-order valence-electron chi connectivity index (χ4n) is 3.92. The van der Waals surface area contributed by atoms with Gasteiger partial charge in [0.05, 0.1) is 11.7 Å². The molecule has 29 heavy (non-hydrogen) atoms. The molecule has 0 amide bonds. The topological polar surface area (TPSA) is 45.2 Å². The number of likely N-dealkylation sites (tertiary alicyclic amines) is 1. The van der Waals surface area contributed by atoms with Gasteiger partial charge < -0.3 is 4.90 Å². The predicted octanol–water partition coefficient (Wildman–Crippen LogP) is 4.47. The first-order chi connectivity index (χ1) is 14.1.